The summed E-state index contributed by atoms with van der Waals surface area (Å²) < 4.78 is 36.9. The van der Waals surface area contributed by atoms with Crippen LogP contribution in [0.1, 0.15) is 13.8 Å². The van der Waals surface area contributed by atoms with Crippen molar-refractivity contribution < 1.29 is 17.9 Å². The SMILES string of the molecule is COCCN(C(C)C)S(=O)(=O)c1ccc(N)cc1OC. The Morgan fingerprint density at radius 1 is 1.30 bits per heavy atom. The molecule has 0 amide bonds. The van der Waals surface area contributed by atoms with Crippen LogP contribution >= 0.6 is 0 Å². The van der Waals surface area contributed by atoms with Crippen LogP contribution in [0.15, 0.2) is 23.1 Å². The highest BCUT2D eigenvalue weighted by atomic mass is 32.2. The van der Waals surface area contributed by atoms with Gasteiger partial charge < -0.3 is 15.2 Å². The van der Waals surface area contributed by atoms with Gasteiger partial charge in [-0.3, -0.25) is 0 Å². The maximum Gasteiger partial charge on any atom is 0.247 e. The number of nitrogen functional groups attached to an aromatic ring is 1. The molecule has 0 radical (unpaired) electrons. The first-order valence-corrected chi connectivity index (χ1v) is 7.73. The second-order valence-corrected chi connectivity index (χ2v) is 6.47. The highest BCUT2D eigenvalue weighted by Crippen LogP contribution is 2.29. The molecule has 0 aromatic heterocycles. The molecule has 0 heterocycles. The minimum absolute atomic E-state index is 0.110. The molecule has 1 rings (SSSR count). The summed E-state index contributed by atoms with van der Waals surface area (Å²) >= 11 is 0. The van der Waals surface area contributed by atoms with Crippen LogP contribution in [0.5, 0.6) is 5.75 Å². The Hall–Kier alpha value is -1.31. The molecule has 0 saturated heterocycles. The fourth-order valence-electron chi connectivity index (χ4n) is 1.86. The first kappa shape index (κ1) is 16.7. The van der Waals surface area contributed by atoms with E-state index in [1.165, 1.54) is 30.7 Å². The Labute approximate surface area is 120 Å². The van der Waals surface area contributed by atoms with Crippen LogP contribution in [0.25, 0.3) is 0 Å². The summed E-state index contributed by atoms with van der Waals surface area (Å²) in [4.78, 5) is 0.110. The van der Waals surface area contributed by atoms with Crippen molar-refractivity contribution in [3.63, 3.8) is 0 Å². The van der Waals surface area contributed by atoms with Gasteiger partial charge in [0.15, 0.2) is 0 Å². The summed E-state index contributed by atoms with van der Waals surface area (Å²) in [5.74, 6) is 0.244. The summed E-state index contributed by atoms with van der Waals surface area (Å²) in [6.45, 7) is 4.24. The van der Waals surface area contributed by atoms with E-state index < -0.39 is 10.0 Å². The Morgan fingerprint density at radius 3 is 2.45 bits per heavy atom. The van der Waals surface area contributed by atoms with Gasteiger partial charge in [0.2, 0.25) is 10.0 Å². The van der Waals surface area contributed by atoms with Crippen LogP contribution in [-0.4, -0.2) is 46.1 Å². The number of nitrogens with zero attached hydrogens (tertiary/aromatic N) is 1. The van der Waals surface area contributed by atoms with Gasteiger partial charge in [-0.15, -0.1) is 0 Å². The highest BCUT2D eigenvalue weighted by molar-refractivity contribution is 7.89. The van der Waals surface area contributed by atoms with E-state index in [0.29, 0.717) is 12.3 Å². The van der Waals surface area contributed by atoms with Crippen molar-refractivity contribution in [2.75, 3.05) is 33.1 Å². The number of methoxy groups -OCH3 is 2. The second kappa shape index (κ2) is 6.92. The van der Waals surface area contributed by atoms with Crippen molar-refractivity contribution in [3.05, 3.63) is 18.2 Å². The summed E-state index contributed by atoms with van der Waals surface area (Å²) in [6.07, 6.45) is 0. The molecule has 0 aliphatic carbocycles. The van der Waals surface area contributed by atoms with Crippen molar-refractivity contribution in [1.29, 1.82) is 0 Å². The highest BCUT2D eigenvalue weighted by Gasteiger charge is 2.29. The van der Waals surface area contributed by atoms with Crippen LogP contribution in [-0.2, 0) is 14.8 Å². The lowest BCUT2D eigenvalue weighted by Gasteiger charge is -2.26. The molecule has 20 heavy (non-hydrogen) atoms. The first-order chi connectivity index (χ1) is 9.34. The topological polar surface area (TPSA) is 81.9 Å². The van der Waals surface area contributed by atoms with Crippen LogP contribution in [0.3, 0.4) is 0 Å². The van der Waals surface area contributed by atoms with Gasteiger partial charge in [-0.2, -0.15) is 4.31 Å². The van der Waals surface area contributed by atoms with Crippen molar-refractivity contribution in [2.24, 2.45) is 0 Å². The number of ether oxygens (including phenoxy) is 2. The number of sulfonamides is 1. The largest absolute Gasteiger partial charge is 0.495 e. The average molecular weight is 302 g/mol. The van der Waals surface area contributed by atoms with Gasteiger partial charge in [0, 0.05) is 31.5 Å². The van der Waals surface area contributed by atoms with Gasteiger partial charge in [0.05, 0.1) is 13.7 Å². The lowest BCUT2D eigenvalue weighted by atomic mass is 10.3. The monoisotopic (exact) mass is 302 g/mol. The third-order valence-corrected chi connectivity index (χ3v) is 4.98. The smallest absolute Gasteiger partial charge is 0.247 e. The Morgan fingerprint density at radius 2 is 1.95 bits per heavy atom. The van der Waals surface area contributed by atoms with Crippen molar-refractivity contribution in [1.82, 2.24) is 4.31 Å². The fraction of sp³-hybridized carbons (Fsp3) is 0.538. The van der Waals surface area contributed by atoms with E-state index >= 15 is 0 Å². The normalized spacial score (nSPS) is 12.1. The molecule has 114 valence electrons. The summed E-state index contributed by atoms with van der Waals surface area (Å²) in [7, 11) is -0.703. The Balaban J connectivity index is 3.25. The molecule has 0 unspecified atom stereocenters. The molecule has 0 aliphatic heterocycles. The Bertz CT molecular complexity index is 543. The molecule has 6 nitrogen and oxygen atoms in total. The molecule has 1 aromatic carbocycles. The van der Waals surface area contributed by atoms with Crippen molar-refractivity contribution >= 4 is 15.7 Å². The zero-order chi connectivity index (χ0) is 15.3. The molecule has 0 saturated carbocycles. The van der Waals surface area contributed by atoms with Gasteiger partial charge in [0.1, 0.15) is 10.6 Å². The predicted octanol–water partition coefficient (Wildman–Crippen LogP) is 1.32. The van der Waals surface area contributed by atoms with Gasteiger partial charge in [-0.05, 0) is 26.0 Å². The summed E-state index contributed by atoms with van der Waals surface area (Å²) in [5, 5.41) is 0. The van der Waals surface area contributed by atoms with Gasteiger partial charge in [-0.1, -0.05) is 0 Å². The number of anilines is 1. The van der Waals surface area contributed by atoms with E-state index in [-0.39, 0.29) is 23.2 Å². The Kier molecular flexibility index (Phi) is 5.79. The van der Waals surface area contributed by atoms with E-state index in [9.17, 15) is 8.42 Å². The average Bonchev–Trinajstić information content (AvgIpc) is 2.37. The van der Waals surface area contributed by atoms with Crippen LogP contribution in [0.4, 0.5) is 5.69 Å². The summed E-state index contributed by atoms with van der Waals surface area (Å²) in [5.41, 5.74) is 6.11. The minimum atomic E-state index is -3.66. The third kappa shape index (κ3) is 3.62. The molecular formula is C13H22N2O4S. The zero-order valence-electron chi connectivity index (χ0n) is 12.3. The second-order valence-electron chi connectivity index (χ2n) is 4.61. The minimum Gasteiger partial charge on any atom is -0.495 e. The number of rotatable bonds is 7. The van der Waals surface area contributed by atoms with E-state index in [0.717, 1.165) is 0 Å². The lowest BCUT2D eigenvalue weighted by Crippen LogP contribution is -2.39. The van der Waals surface area contributed by atoms with E-state index in [4.69, 9.17) is 15.2 Å². The summed E-state index contributed by atoms with van der Waals surface area (Å²) in [6, 6.07) is 4.33. The van der Waals surface area contributed by atoms with Crippen LogP contribution in [0, 0.1) is 0 Å². The predicted molar refractivity (Wildman–Crippen MR) is 78.3 cm³/mol. The maximum absolute atomic E-state index is 12.7. The molecule has 1 aromatic rings. The number of hydrogen-bond donors (Lipinski definition) is 1. The van der Waals surface area contributed by atoms with Crippen molar-refractivity contribution in [3.8, 4) is 5.75 Å². The van der Waals surface area contributed by atoms with Gasteiger partial charge in [0.25, 0.3) is 0 Å². The zero-order valence-corrected chi connectivity index (χ0v) is 13.1. The third-order valence-electron chi connectivity index (χ3n) is 2.87. The first-order valence-electron chi connectivity index (χ1n) is 6.29. The molecule has 0 atom stereocenters. The van der Waals surface area contributed by atoms with E-state index in [2.05, 4.69) is 0 Å². The van der Waals surface area contributed by atoms with E-state index in [1.807, 2.05) is 13.8 Å². The standard InChI is InChI=1S/C13H22N2O4S/c1-10(2)15(7-8-18-3)20(16,17)13-6-5-11(14)9-12(13)19-4/h5-6,9-10H,7-8,14H2,1-4H3. The molecule has 0 aliphatic rings. The van der Waals surface area contributed by atoms with Crippen LogP contribution < -0.4 is 10.5 Å². The molecule has 0 spiro atoms. The van der Waals surface area contributed by atoms with Gasteiger partial charge >= 0.3 is 0 Å². The van der Waals surface area contributed by atoms with Crippen molar-refractivity contribution in [2.45, 2.75) is 24.8 Å². The van der Waals surface area contributed by atoms with E-state index in [1.54, 1.807) is 6.07 Å². The molecule has 7 heteroatoms. The van der Waals surface area contributed by atoms with Crippen LogP contribution in [0.2, 0.25) is 0 Å². The molecule has 0 bridgehead atoms. The van der Waals surface area contributed by atoms with Gasteiger partial charge in [-0.25, -0.2) is 8.42 Å². The molecular weight excluding hydrogens is 280 g/mol. The number of benzene rings is 1. The number of nitrogens with two attached hydrogens (primary N) is 1. The quantitative estimate of drug-likeness (QED) is 0.768. The lowest BCUT2D eigenvalue weighted by molar-refractivity contribution is 0.170. The maximum atomic E-state index is 12.7. The molecule has 0 fully saturated rings. The fourth-order valence-corrected chi connectivity index (χ4v) is 3.62. The molecule has 2 N–H and O–H groups in total. The number of hydrogen-bond acceptors (Lipinski definition) is 5.